The van der Waals surface area contributed by atoms with Gasteiger partial charge in [0.15, 0.2) is 5.76 Å². The van der Waals surface area contributed by atoms with Gasteiger partial charge < -0.3 is 9.15 Å². The van der Waals surface area contributed by atoms with Gasteiger partial charge in [-0.1, -0.05) is 96.6 Å². The number of furan rings is 1. The summed E-state index contributed by atoms with van der Waals surface area (Å²) >= 11 is 0. The third kappa shape index (κ3) is 4.89. The van der Waals surface area contributed by atoms with Gasteiger partial charge in [-0.3, -0.25) is 4.31 Å². The Balaban J connectivity index is 1.61. The van der Waals surface area contributed by atoms with Crippen molar-refractivity contribution in [1.29, 1.82) is 0 Å². The summed E-state index contributed by atoms with van der Waals surface area (Å²) in [4.78, 5) is 0.230. The van der Waals surface area contributed by atoms with Gasteiger partial charge in [-0.05, 0) is 54.3 Å². The van der Waals surface area contributed by atoms with E-state index in [4.69, 9.17) is 9.15 Å². The number of benzene rings is 4. The predicted molar refractivity (Wildman–Crippen MR) is 155 cm³/mol. The van der Waals surface area contributed by atoms with Crippen LogP contribution < -0.4 is 4.31 Å². The van der Waals surface area contributed by atoms with Crippen LogP contribution in [-0.4, -0.2) is 21.6 Å². The molecule has 0 radical (unpaired) electrons. The third-order valence-corrected chi connectivity index (χ3v) is 8.88. The van der Waals surface area contributed by atoms with Crippen molar-refractivity contribution < 1.29 is 17.6 Å². The van der Waals surface area contributed by atoms with E-state index < -0.39 is 16.1 Å². The van der Waals surface area contributed by atoms with Gasteiger partial charge in [-0.25, -0.2) is 8.42 Å². The van der Waals surface area contributed by atoms with Crippen LogP contribution in [0.4, 0.5) is 5.69 Å². The Morgan fingerprint density at radius 3 is 2.21 bits per heavy atom. The summed E-state index contributed by atoms with van der Waals surface area (Å²) in [6, 6.07) is 34.4. The number of para-hydroxylation sites is 1. The third-order valence-electron chi connectivity index (χ3n) is 7.10. The summed E-state index contributed by atoms with van der Waals surface area (Å²) in [7, 11) is -3.96. The van der Waals surface area contributed by atoms with Gasteiger partial charge in [0.25, 0.3) is 10.0 Å². The van der Waals surface area contributed by atoms with Gasteiger partial charge in [-0.2, -0.15) is 0 Å². The van der Waals surface area contributed by atoms with Gasteiger partial charge in [0.1, 0.15) is 17.4 Å². The smallest absolute Gasteiger partial charge is 0.264 e. The molecule has 0 saturated carbocycles. The second-order valence-electron chi connectivity index (χ2n) is 9.67. The molecule has 0 bridgehead atoms. The number of aryl methyl sites for hydroxylation is 1. The summed E-state index contributed by atoms with van der Waals surface area (Å²) in [5.41, 5.74) is 5.09. The van der Waals surface area contributed by atoms with Gasteiger partial charge >= 0.3 is 0 Å². The molecule has 1 aliphatic rings. The molecule has 6 rings (SSSR count). The first-order valence-corrected chi connectivity index (χ1v) is 14.5. The lowest BCUT2D eigenvalue weighted by molar-refractivity contribution is 0.0710. The Morgan fingerprint density at radius 2 is 1.46 bits per heavy atom. The van der Waals surface area contributed by atoms with E-state index in [1.165, 1.54) is 4.31 Å². The van der Waals surface area contributed by atoms with Crippen molar-refractivity contribution in [2.24, 2.45) is 0 Å². The van der Waals surface area contributed by atoms with E-state index >= 15 is 0 Å². The van der Waals surface area contributed by atoms with Crippen LogP contribution in [0.1, 0.15) is 35.0 Å². The zero-order chi connectivity index (χ0) is 26.8. The lowest BCUT2D eigenvalue weighted by Gasteiger charge is -2.28. The molecule has 0 spiro atoms. The normalized spacial score (nSPS) is 17.8. The maximum absolute atomic E-state index is 14.4. The molecule has 0 fully saturated rings. The number of rotatable bonds is 4. The number of hydrogen-bond acceptors (Lipinski definition) is 4. The molecule has 2 heterocycles. The minimum Gasteiger partial charge on any atom is -0.456 e. The molecule has 5 aromatic rings. The molecule has 0 saturated heterocycles. The highest BCUT2D eigenvalue weighted by Crippen LogP contribution is 2.44. The van der Waals surface area contributed by atoms with Crippen molar-refractivity contribution in [3.63, 3.8) is 0 Å². The maximum atomic E-state index is 14.4. The van der Waals surface area contributed by atoms with Crippen molar-refractivity contribution in [2.75, 3.05) is 17.5 Å². The van der Waals surface area contributed by atoms with E-state index in [0.717, 1.165) is 27.6 Å². The van der Waals surface area contributed by atoms with Crippen LogP contribution in [0.15, 0.2) is 125 Å². The van der Waals surface area contributed by atoms with Crippen LogP contribution in [0, 0.1) is 6.92 Å². The molecular weight excluding hydrogens is 506 g/mol. The fourth-order valence-corrected chi connectivity index (χ4v) is 6.51. The van der Waals surface area contributed by atoms with E-state index in [9.17, 15) is 8.42 Å². The van der Waals surface area contributed by atoms with Crippen molar-refractivity contribution in [3.05, 3.63) is 138 Å². The largest absolute Gasteiger partial charge is 0.456 e. The molecule has 0 aliphatic carbocycles. The highest BCUT2D eigenvalue weighted by atomic mass is 32.2. The average molecular weight is 536 g/mol. The van der Waals surface area contributed by atoms with Crippen LogP contribution in [-0.2, 0) is 14.8 Å². The summed E-state index contributed by atoms with van der Waals surface area (Å²) in [6.45, 7) is 2.54. The van der Waals surface area contributed by atoms with Gasteiger partial charge in [0, 0.05) is 5.39 Å². The van der Waals surface area contributed by atoms with Crippen LogP contribution in [0.25, 0.3) is 16.5 Å². The highest BCUT2D eigenvalue weighted by molar-refractivity contribution is 7.92. The molecule has 0 N–H and O–H groups in total. The van der Waals surface area contributed by atoms with Gasteiger partial charge in [0.2, 0.25) is 0 Å². The molecule has 39 heavy (non-hydrogen) atoms. The number of sulfonamides is 1. The molecular formula is C33H29NO4S. The van der Waals surface area contributed by atoms with Crippen LogP contribution in [0.2, 0.25) is 0 Å². The van der Waals surface area contributed by atoms with E-state index in [2.05, 4.69) is 0 Å². The Kier molecular flexibility index (Phi) is 6.81. The first-order valence-electron chi connectivity index (χ1n) is 13.0. The van der Waals surface area contributed by atoms with Gasteiger partial charge in [0.05, 0.1) is 18.0 Å². The predicted octanol–water partition coefficient (Wildman–Crippen LogP) is 7.53. The zero-order valence-corrected chi connectivity index (χ0v) is 22.5. The molecule has 1 aromatic heterocycles. The van der Waals surface area contributed by atoms with Crippen molar-refractivity contribution in [1.82, 2.24) is 0 Å². The first-order chi connectivity index (χ1) is 19.0. The second-order valence-corrected chi connectivity index (χ2v) is 11.5. The Morgan fingerprint density at radius 1 is 0.795 bits per heavy atom. The molecule has 1 atom stereocenters. The number of ether oxygens (including phenoxy) is 1. The standard InChI is InChI=1S/C33H29NO4S/c1-24-16-18-28(19-17-24)39(35,36)34-22-20-26(25-10-4-2-5-11-25)21-23-37-32(27-12-6-3-7-13-27)33-31(34)29-14-8-9-15-30(29)38-33/h2-20,32H,21-23H2,1H3/b26-20+/t32-/m1/s1. The second kappa shape index (κ2) is 10.6. The maximum Gasteiger partial charge on any atom is 0.264 e. The van der Waals surface area contributed by atoms with Gasteiger partial charge in [-0.15, -0.1) is 0 Å². The number of hydrogen-bond donors (Lipinski definition) is 0. The van der Waals surface area contributed by atoms with Crippen molar-refractivity contribution in [2.45, 2.75) is 24.3 Å². The van der Waals surface area contributed by atoms with Crippen molar-refractivity contribution in [3.8, 4) is 0 Å². The van der Waals surface area contributed by atoms with Crippen molar-refractivity contribution >= 4 is 32.3 Å². The number of fused-ring (bicyclic) bond motifs is 3. The van der Waals surface area contributed by atoms with Crippen LogP contribution >= 0.6 is 0 Å². The Hall–Kier alpha value is -4.13. The number of anilines is 1. The van der Waals surface area contributed by atoms with E-state index in [0.29, 0.717) is 30.1 Å². The lowest BCUT2D eigenvalue weighted by atomic mass is 10.0. The van der Waals surface area contributed by atoms with Crippen LogP contribution in [0.5, 0.6) is 0 Å². The Labute approximate surface area is 229 Å². The van der Waals surface area contributed by atoms with E-state index in [1.807, 2.05) is 110 Å². The quantitative estimate of drug-likeness (QED) is 0.239. The molecule has 4 aromatic carbocycles. The first kappa shape index (κ1) is 25.2. The minimum absolute atomic E-state index is 0.151. The Bertz CT molecular complexity index is 1720. The SMILES string of the molecule is Cc1ccc(S(=O)(=O)N2C/C=C(/c3ccccc3)CCO[C@H](c3ccccc3)c3oc4ccccc4c32)cc1. The zero-order valence-electron chi connectivity index (χ0n) is 21.7. The summed E-state index contributed by atoms with van der Waals surface area (Å²) in [6.07, 6.45) is 2.04. The molecule has 6 heteroatoms. The summed E-state index contributed by atoms with van der Waals surface area (Å²) in [5, 5.41) is 0.725. The van der Waals surface area contributed by atoms with Crippen LogP contribution in [0.3, 0.4) is 0 Å². The molecule has 196 valence electrons. The molecule has 0 amide bonds. The summed E-state index contributed by atoms with van der Waals surface area (Å²) < 4.78 is 43.2. The van der Waals surface area contributed by atoms with E-state index in [1.54, 1.807) is 12.1 Å². The molecule has 0 unspecified atom stereocenters. The average Bonchev–Trinajstić information content (AvgIpc) is 3.34. The topological polar surface area (TPSA) is 59.8 Å². The summed E-state index contributed by atoms with van der Waals surface area (Å²) in [5.74, 6) is 0.481. The monoisotopic (exact) mass is 535 g/mol. The molecule has 5 nitrogen and oxygen atoms in total. The fraction of sp³-hybridized carbons (Fsp3) is 0.152. The molecule has 1 aliphatic heterocycles. The number of nitrogens with zero attached hydrogens (tertiary/aromatic N) is 1. The highest BCUT2D eigenvalue weighted by Gasteiger charge is 2.34. The fourth-order valence-electron chi connectivity index (χ4n) is 5.08. The van der Waals surface area contributed by atoms with E-state index in [-0.39, 0.29) is 11.4 Å². The minimum atomic E-state index is -3.96. The lowest BCUT2D eigenvalue weighted by Crippen LogP contribution is -2.33.